The van der Waals surface area contributed by atoms with Crippen LogP contribution in [0.15, 0.2) is 40.9 Å². The molecule has 0 aromatic heterocycles. The molecule has 2 N–H and O–H groups in total. The number of nitrogens with one attached hydrogen (secondary N) is 1. The molecule has 136 valence electrons. The van der Waals surface area contributed by atoms with Crippen molar-refractivity contribution >= 4 is 27.5 Å². The largest absolute Gasteiger partial charge is 0.493 e. The summed E-state index contributed by atoms with van der Waals surface area (Å²) in [5.74, 6) is 1.42. The van der Waals surface area contributed by atoms with Crippen LogP contribution in [0.1, 0.15) is 24.0 Å². The molecule has 0 atom stereocenters. The van der Waals surface area contributed by atoms with Crippen LogP contribution in [-0.2, 0) is 13.2 Å². The van der Waals surface area contributed by atoms with E-state index in [1.165, 1.54) is 0 Å². The molecule has 0 saturated carbocycles. The Morgan fingerprint density at radius 1 is 1.12 bits per heavy atom. The van der Waals surface area contributed by atoms with Crippen LogP contribution in [0, 0.1) is 0 Å². The number of aliphatic hydroxyl groups excluding tert-OH is 1. The normalized spacial score (nSPS) is 10.7. The van der Waals surface area contributed by atoms with Crippen molar-refractivity contribution in [2.45, 2.75) is 26.0 Å². The van der Waals surface area contributed by atoms with Crippen molar-refractivity contribution in [3.63, 3.8) is 0 Å². The summed E-state index contributed by atoms with van der Waals surface area (Å²) >= 11 is 9.52. The Labute approximate surface area is 162 Å². The fourth-order valence-corrected chi connectivity index (χ4v) is 2.96. The van der Waals surface area contributed by atoms with Gasteiger partial charge in [-0.3, -0.25) is 0 Å². The standard InChI is InChI=1S/C19H23BrClNO3/c1-24-18-9-8-17(20)16(12-22-10-2-3-11-23)19(18)25-13-14-4-6-15(21)7-5-14/h4-9,22-23H,2-3,10-13H2,1H3. The van der Waals surface area contributed by atoms with Gasteiger partial charge in [-0.25, -0.2) is 0 Å². The monoisotopic (exact) mass is 427 g/mol. The molecule has 0 saturated heterocycles. The van der Waals surface area contributed by atoms with Crippen molar-refractivity contribution in [1.29, 1.82) is 0 Å². The van der Waals surface area contributed by atoms with E-state index in [0.29, 0.717) is 23.9 Å². The molecule has 0 amide bonds. The highest BCUT2D eigenvalue weighted by Gasteiger charge is 2.14. The predicted octanol–water partition coefficient (Wildman–Crippen LogP) is 4.55. The maximum absolute atomic E-state index is 8.85. The Kier molecular flexibility index (Phi) is 8.55. The van der Waals surface area contributed by atoms with Gasteiger partial charge in [-0.15, -0.1) is 0 Å². The van der Waals surface area contributed by atoms with Crippen molar-refractivity contribution in [1.82, 2.24) is 5.32 Å². The molecule has 0 aliphatic rings. The van der Waals surface area contributed by atoms with Crippen LogP contribution in [0.2, 0.25) is 5.02 Å². The van der Waals surface area contributed by atoms with E-state index in [1.807, 2.05) is 36.4 Å². The summed E-state index contributed by atoms with van der Waals surface area (Å²) in [7, 11) is 1.64. The van der Waals surface area contributed by atoms with E-state index in [2.05, 4.69) is 21.2 Å². The lowest BCUT2D eigenvalue weighted by molar-refractivity contribution is 0.278. The summed E-state index contributed by atoms with van der Waals surface area (Å²) in [6.45, 7) is 2.14. The number of hydrogen-bond donors (Lipinski definition) is 2. The molecule has 2 aromatic rings. The molecule has 25 heavy (non-hydrogen) atoms. The zero-order valence-corrected chi connectivity index (χ0v) is 16.6. The zero-order chi connectivity index (χ0) is 18.1. The third-order valence-corrected chi connectivity index (χ3v) is 4.74. The molecule has 4 nitrogen and oxygen atoms in total. The SMILES string of the molecule is COc1ccc(Br)c(CNCCCCO)c1OCc1ccc(Cl)cc1. The Morgan fingerprint density at radius 3 is 2.56 bits per heavy atom. The molecule has 2 aromatic carbocycles. The van der Waals surface area contributed by atoms with Crippen molar-refractivity contribution in [2.75, 3.05) is 20.3 Å². The van der Waals surface area contributed by atoms with Gasteiger partial charge in [0, 0.05) is 28.2 Å². The second-order valence-corrected chi connectivity index (χ2v) is 6.87. The Morgan fingerprint density at radius 2 is 1.88 bits per heavy atom. The van der Waals surface area contributed by atoms with Gasteiger partial charge in [0.15, 0.2) is 11.5 Å². The van der Waals surface area contributed by atoms with Gasteiger partial charge in [0.25, 0.3) is 0 Å². The first-order chi connectivity index (χ1) is 12.2. The lowest BCUT2D eigenvalue weighted by Gasteiger charge is -2.17. The van der Waals surface area contributed by atoms with Crippen LogP contribution in [0.5, 0.6) is 11.5 Å². The smallest absolute Gasteiger partial charge is 0.167 e. The maximum atomic E-state index is 8.85. The van der Waals surface area contributed by atoms with Gasteiger partial charge in [0.2, 0.25) is 0 Å². The molecule has 2 rings (SSSR count). The molecule has 0 bridgehead atoms. The molecule has 0 heterocycles. The van der Waals surface area contributed by atoms with Gasteiger partial charge in [-0.1, -0.05) is 39.7 Å². The predicted molar refractivity (Wildman–Crippen MR) is 105 cm³/mol. The molecule has 0 fully saturated rings. The first-order valence-electron chi connectivity index (χ1n) is 8.20. The van der Waals surface area contributed by atoms with Gasteiger partial charge >= 0.3 is 0 Å². The van der Waals surface area contributed by atoms with Gasteiger partial charge in [-0.05, 0) is 49.2 Å². The molecule has 0 aliphatic heterocycles. The summed E-state index contributed by atoms with van der Waals surface area (Å²) in [6.07, 6.45) is 1.73. The lowest BCUT2D eigenvalue weighted by Crippen LogP contribution is -2.16. The third kappa shape index (κ3) is 6.19. The number of unbranched alkanes of at least 4 members (excludes halogenated alkanes) is 1. The average Bonchev–Trinajstić information content (AvgIpc) is 2.62. The van der Waals surface area contributed by atoms with Gasteiger partial charge in [0.1, 0.15) is 6.61 Å². The minimum Gasteiger partial charge on any atom is -0.493 e. The zero-order valence-electron chi connectivity index (χ0n) is 14.2. The van der Waals surface area contributed by atoms with Crippen molar-refractivity contribution in [3.8, 4) is 11.5 Å². The molecule has 0 radical (unpaired) electrons. The van der Waals surface area contributed by atoms with E-state index in [9.17, 15) is 0 Å². The Balaban J connectivity index is 2.10. The van der Waals surface area contributed by atoms with E-state index in [1.54, 1.807) is 7.11 Å². The highest BCUT2D eigenvalue weighted by Crippen LogP contribution is 2.36. The van der Waals surface area contributed by atoms with E-state index >= 15 is 0 Å². The summed E-state index contributed by atoms with van der Waals surface area (Å²) in [5.41, 5.74) is 2.05. The van der Waals surface area contributed by atoms with Gasteiger partial charge in [-0.2, -0.15) is 0 Å². The van der Waals surface area contributed by atoms with E-state index in [0.717, 1.165) is 40.7 Å². The minimum absolute atomic E-state index is 0.222. The van der Waals surface area contributed by atoms with Crippen molar-refractivity contribution < 1.29 is 14.6 Å². The van der Waals surface area contributed by atoms with Crippen LogP contribution in [0.25, 0.3) is 0 Å². The van der Waals surface area contributed by atoms with E-state index in [-0.39, 0.29) is 6.61 Å². The van der Waals surface area contributed by atoms with Crippen LogP contribution in [-0.4, -0.2) is 25.4 Å². The molecular formula is C19H23BrClNO3. The van der Waals surface area contributed by atoms with Crippen LogP contribution < -0.4 is 14.8 Å². The lowest BCUT2D eigenvalue weighted by atomic mass is 10.1. The van der Waals surface area contributed by atoms with Crippen LogP contribution in [0.3, 0.4) is 0 Å². The highest BCUT2D eigenvalue weighted by molar-refractivity contribution is 9.10. The maximum Gasteiger partial charge on any atom is 0.167 e. The Hall–Kier alpha value is -1.27. The molecular weight excluding hydrogens is 406 g/mol. The summed E-state index contributed by atoms with van der Waals surface area (Å²) in [4.78, 5) is 0. The fraction of sp³-hybridized carbons (Fsp3) is 0.368. The first kappa shape index (κ1) is 20.0. The number of rotatable bonds is 10. The number of benzene rings is 2. The quantitative estimate of drug-likeness (QED) is 0.545. The minimum atomic E-state index is 0.222. The molecule has 0 unspecified atom stereocenters. The number of hydrogen-bond acceptors (Lipinski definition) is 4. The first-order valence-corrected chi connectivity index (χ1v) is 9.37. The highest BCUT2D eigenvalue weighted by atomic mass is 79.9. The fourth-order valence-electron chi connectivity index (χ4n) is 2.38. The number of ether oxygens (including phenoxy) is 2. The Bertz CT molecular complexity index is 664. The van der Waals surface area contributed by atoms with Crippen LogP contribution >= 0.6 is 27.5 Å². The van der Waals surface area contributed by atoms with Crippen LogP contribution in [0.4, 0.5) is 0 Å². The molecule has 0 aliphatic carbocycles. The summed E-state index contributed by atoms with van der Waals surface area (Å²) in [5, 5.41) is 12.9. The second-order valence-electron chi connectivity index (χ2n) is 5.58. The van der Waals surface area contributed by atoms with Gasteiger partial charge in [0.05, 0.1) is 7.11 Å². The molecule has 6 heteroatoms. The topological polar surface area (TPSA) is 50.7 Å². The number of methoxy groups -OCH3 is 1. The van der Waals surface area contributed by atoms with Gasteiger partial charge < -0.3 is 19.9 Å². The average molecular weight is 429 g/mol. The van der Waals surface area contributed by atoms with E-state index in [4.69, 9.17) is 26.2 Å². The third-order valence-electron chi connectivity index (χ3n) is 3.75. The second kappa shape index (κ2) is 10.7. The molecule has 0 spiro atoms. The number of halogens is 2. The van der Waals surface area contributed by atoms with Crippen molar-refractivity contribution in [2.24, 2.45) is 0 Å². The van der Waals surface area contributed by atoms with Crippen molar-refractivity contribution in [3.05, 3.63) is 57.0 Å². The number of aliphatic hydroxyl groups is 1. The summed E-state index contributed by atoms with van der Waals surface area (Å²) < 4.78 is 12.5. The van der Waals surface area contributed by atoms with E-state index < -0.39 is 0 Å². The summed E-state index contributed by atoms with van der Waals surface area (Å²) in [6, 6.07) is 11.4.